The molecule has 31 heavy (non-hydrogen) atoms. The summed E-state index contributed by atoms with van der Waals surface area (Å²) in [5.74, 6) is 0.449. The molecule has 1 amide bonds. The van der Waals surface area contributed by atoms with Crippen molar-refractivity contribution in [1.29, 1.82) is 0 Å². The number of nitrogen functional groups attached to an aromatic ring is 1. The molecule has 3 rings (SSSR count). The molecule has 1 aromatic heterocycles. The molecule has 0 bridgehead atoms. The van der Waals surface area contributed by atoms with Gasteiger partial charge in [0, 0.05) is 13.1 Å². The van der Waals surface area contributed by atoms with Gasteiger partial charge in [0.2, 0.25) is 0 Å². The highest BCUT2D eigenvalue weighted by atomic mass is 16.5. The van der Waals surface area contributed by atoms with E-state index in [0.717, 1.165) is 19.3 Å². The highest BCUT2D eigenvalue weighted by Crippen LogP contribution is 2.26. The maximum absolute atomic E-state index is 13.1. The van der Waals surface area contributed by atoms with Gasteiger partial charge in [-0.15, -0.1) is 0 Å². The van der Waals surface area contributed by atoms with E-state index in [0.29, 0.717) is 12.3 Å². The van der Waals surface area contributed by atoms with Gasteiger partial charge in [-0.1, -0.05) is 33.8 Å². The summed E-state index contributed by atoms with van der Waals surface area (Å²) < 4.78 is 7.07. The molecule has 1 aliphatic rings. The number of H-pyrrole nitrogens is 1. The first kappa shape index (κ1) is 22.7. The van der Waals surface area contributed by atoms with Gasteiger partial charge in [-0.25, -0.2) is 4.79 Å². The number of anilines is 2. The maximum Gasteiger partial charge on any atom is 0.330 e. The predicted molar refractivity (Wildman–Crippen MR) is 122 cm³/mol. The first-order valence-electron chi connectivity index (χ1n) is 10.8. The van der Waals surface area contributed by atoms with Crippen molar-refractivity contribution >= 4 is 17.4 Å². The second-order valence-corrected chi connectivity index (χ2v) is 8.97. The van der Waals surface area contributed by atoms with Gasteiger partial charge in [-0.3, -0.25) is 19.1 Å². The molecule has 0 aliphatic heterocycles. The van der Waals surface area contributed by atoms with Crippen molar-refractivity contribution in [3.05, 3.63) is 50.2 Å². The van der Waals surface area contributed by atoms with Crippen molar-refractivity contribution in [2.24, 2.45) is 11.8 Å². The number of nitrogens with zero attached hydrogens (tertiary/aromatic N) is 2. The van der Waals surface area contributed by atoms with Crippen LogP contribution < -0.4 is 26.6 Å². The van der Waals surface area contributed by atoms with Crippen LogP contribution in [-0.4, -0.2) is 28.6 Å². The average Bonchev–Trinajstić information content (AvgIpc) is 3.15. The number of hydrogen-bond donors (Lipinski definition) is 2. The normalized spacial score (nSPS) is 13.0. The average molecular weight is 429 g/mol. The summed E-state index contributed by atoms with van der Waals surface area (Å²) in [7, 11) is 0. The van der Waals surface area contributed by atoms with Gasteiger partial charge < -0.3 is 15.4 Å². The predicted octanol–water partition coefficient (Wildman–Crippen LogP) is 2.33. The Balaban J connectivity index is 1.88. The van der Waals surface area contributed by atoms with Crippen molar-refractivity contribution < 1.29 is 9.53 Å². The molecule has 8 heteroatoms. The van der Waals surface area contributed by atoms with Gasteiger partial charge in [0.1, 0.15) is 11.6 Å². The molecular formula is C23H32N4O4. The van der Waals surface area contributed by atoms with E-state index in [1.165, 1.54) is 20.6 Å². The van der Waals surface area contributed by atoms with Gasteiger partial charge in [0.05, 0.1) is 0 Å². The molecule has 1 aromatic carbocycles. The summed E-state index contributed by atoms with van der Waals surface area (Å²) in [5.41, 5.74) is 7.55. The quantitative estimate of drug-likeness (QED) is 0.670. The van der Waals surface area contributed by atoms with Crippen LogP contribution in [0.25, 0.3) is 0 Å². The van der Waals surface area contributed by atoms with Crippen LogP contribution in [0.5, 0.6) is 5.75 Å². The summed E-state index contributed by atoms with van der Waals surface area (Å²) in [4.78, 5) is 41.7. The van der Waals surface area contributed by atoms with Crippen LogP contribution in [0, 0.1) is 11.8 Å². The topological polar surface area (TPSA) is 110 Å². The third-order valence-electron chi connectivity index (χ3n) is 5.31. The van der Waals surface area contributed by atoms with E-state index in [4.69, 9.17) is 10.5 Å². The number of hydrogen-bond acceptors (Lipinski definition) is 5. The third-order valence-corrected chi connectivity index (χ3v) is 5.31. The summed E-state index contributed by atoms with van der Waals surface area (Å²) in [6.45, 7) is 8.15. The fraction of sp³-hybridized carbons (Fsp3) is 0.522. The number of aromatic amines is 1. The van der Waals surface area contributed by atoms with Crippen LogP contribution in [0.2, 0.25) is 0 Å². The number of fused-ring (bicyclic) bond motifs is 1. The van der Waals surface area contributed by atoms with Crippen molar-refractivity contribution in [3.8, 4) is 5.75 Å². The van der Waals surface area contributed by atoms with Crippen molar-refractivity contribution in [2.45, 2.75) is 53.5 Å². The van der Waals surface area contributed by atoms with Crippen LogP contribution in [0.1, 0.15) is 45.2 Å². The monoisotopic (exact) mass is 428 g/mol. The molecule has 0 radical (unpaired) electrons. The zero-order valence-electron chi connectivity index (χ0n) is 18.7. The molecule has 168 valence electrons. The Kier molecular flexibility index (Phi) is 6.87. The largest absolute Gasteiger partial charge is 0.484 e. The fourth-order valence-electron chi connectivity index (χ4n) is 3.93. The number of rotatable bonds is 8. The van der Waals surface area contributed by atoms with E-state index in [1.807, 2.05) is 45.9 Å². The Morgan fingerprint density at radius 1 is 1.16 bits per heavy atom. The van der Waals surface area contributed by atoms with E-state index in [1.54, 1.807) is 0 Å². The smallest absolute Gasteiger partial charge is 0.330 e. The second kappa shape index (κ2) is 9.41. The Bertz CT molecular complexity index is 1070. The number of carbonyl (C=O) groups excluding carboxylic acids is 1. The molecular weight excluding hydrogens is 396 g/mol. The van der Waals surface area contributed by atoms with E-state index in [-0.39, 0.29) is 42.4 Å². The molecule has 0 saturated heterocycles. The lowest BCUT2D eigenvalue weighted by Crippen LogP contribution is -2.44. The molecule has 2 aromatic rings. The first-order chi connectivity index (χ1) is 14.7. The zero-order chi connectivity index (χ0) is 22.7. The third kappa shape index (κ3) is 5.18. The molecule has 1 aliphatic carbocycles. The molecule has 0 fully saturated rings. The lowest BCUT2D eigenvalue weighted by molar-refractivity contribution is -0.120. The van der Waals surface area contributed by atoms with Crippen LogP contribution in [-0.2, 0) is 24.2 Å². The number of nitrogens with two attached hydrogens (primary N) is 1. The minimum absolute atomic E-state index is 0.00324. The second-order valence-electron chi connectivity index (χ2n) is 8.97. The number of aromatic nitrogens is 2. The van der Waals surface area contributed by atoms with Crippen LogP contribution >= 0.6 is 0 Å². The lowest BCUT2D eigenvalue weighted by atomic mass is 10.1. The summed E-state index contributed by atoms with van der Waals surface area (Å²) in [5, 5.41) is 0. The Hall–Kier alpha value is -3.03. The van der Waals surface area contributed by atoms with Gasteiger partial charge >= 0.3 is 5.69 Å². The van der Waals surface area contributed by atoms with Gasteiger partial charge in [-0.05, 0) is 54.4 Å². The SMILES string of the molecule is CC(C)CN(C(=O)COc1ccc2c(c1)CCC2)c1c(N)n(CC(C)C)c(=O)[nH]c1=O. The number of amides is 1. The van der Waals surface area contributed by atoms with Gasteiger partial charge in [-0.2, -0.15) is 0 Å². The number of nitrogens with one attached hydrogen (secondary N) is 1. The zero-order valence-corrected chi connectivity index (χ0v) is 18.7. The fourth-order valence-corrected chi connectivity index (χ4v) is 3.93. The van der Waals surface area contributed by atoms with Crippen LogP contribution in [0.4, 0.5) is 11.5 Å². The summed E-state index contributed by atoms with van der Waals surface area (Å²) in [6.07, 6.45) is 3.22. The first-order valence-corrected chi connectivity index (χ1v) is 10.8. The Labute approximate surface area is 182 Å². The van der Waals surface area contributed by atoms with E-state index in [2.05, 4.69) is 4.98 Å². The minimum Gasteiger partial charge on any atom is -0.484 e. The molecule has 0 spiro atoms. The maximum atomic E-state index is 13.1. The standard InChI is InChI=1S/C23H32N4O4/c1-14(2)11-26(20-21(24)27(12-15(3)4)23(30)25-22(20)29)19(28)13-31-18-9-8-16-6-5-7-17(16)10-18/h8-10,14-15H,5-7,11-13,24H2,1-4H3,(H,25,29,30). The number of carbonyl (C=O) groups is 1. The molecule has 1 heterocycles. The van der Waals surface area contributed by atoms with Crippen LogP contribution in [0.3, 0.4) is 0 Å². The number of ether oxygens (including phenoxy) is 1. The molecule has 0 atom stereocenters. The van der Waals surface area contributed by atoms with Crippen molar-refractivity contribution in [1.82, 2.24) is 9.55 Å². The number of aryl methyl sites for hydroxylation is 2. The Morgan fingerprint density at radius 2 is 1.87 bits per heavy atom. The highest BCUT2D eigenvalue weighted by molar-refractivity contribution is 5.96. The summed E-state index contributed by atoms with van der Waals surface area (Å²) >= 11 is 0. The number of benzene rings is 1. The molecule has 3 N–H and O–H groups in total. The molecule has 0 saturated carbocycles. The van der Waals surface area contributed by atoms with E-state index < -0.39 is 11.2 Å². The Morgan fingerprint density at radius 3 is 2.55 bits per heavy atom. The lowest BCUT2D eigenvalue weighted by Gasteiger charge is -2.26. The molecule has 8 nitrogen and oxygen atoms in total. The van der Waals surface area contributed by atoms with Crippen LogP contribution in [0.15, 0.2) is 27.8 Å². The molecule has 0 unspecified atom stereocenters. The minimum atomic E-state index is -0.672. The van der Waals surface area contributed by atoms with E-state index >= 15 is 0 Å². The van der Waals surface area contributed by atoms with Gasteiger partial charge in [0.25, 0.3) is 11.5 Å². The van der Waals surface area contributed by atoms with E-state index in [9.17, 15) is 14.4 Å². The van der Waals surface area contributed by atoms with Crippen molar-refractivity contribution in [2.75, 3.05) is 23.8 Å². The van der Waals surface area contributed by atoms with Crippen molar-refractivity contribution in [3.63, 3.8) is 0 Å². The highest BCUT2D eigenvalue weighted by Gasteiger charge is 2.25. The van der Waals surface area contributed by atoms with Gasteiger partial charge in [0.15, 0.2) is 12.3 Å². The summed E-state index contributed by atoms with van der Waals surface area (Å²) in [6, 6.07) is 5.89.